The predicted octanol–water partition coefficient (Wildman–Crippen LogP) is 10.4. The number of ketones is 3. The van der Waals surface area contributed by atoms with Gasteiger partial charge in [-0.3, -0.25) is 24.0 Å². The van der Waals surface area contributed by atoms with Crippen molar-refractivity contribution >= 4 is 81.8 Å². The second-order valence-electron chi connectivity index (χ2n) is 17.2. The van der Waals surface area contributed by atoms with Crippen LogP contribution in [0.5, 0.6) is 17.2 Å². The summed E-state index contributed by atoms with van der Waals surface area (Å²) in [6.45, 7) is 14.5. The topological polar surface area (TPSA) is 209 Å². The van der Waals surface area contributed by atoms with Crippen molar-refractivity contribution in [3.63, 3.8) is 0 Å². The fourth-order valence-corrected chi connectivity index (χ4v) is 5.41. The molecule has 3 N–H and O–H groups in total. The number of carbonyl (C=O) groups excluding carboxylic acids is 6. The maximum absolute atomic E-state index is 12.1. The summed E-state index contributed by atoms with van der Waals surface area (Å²) in [5.41, 5.74) is 0.170. The smallest absolute Gasteiger partial charge is 0.338 e. The summed E-state index contributed by atoms with van der Waals surface area (Å²) in [6.07, 6.45) is 0. The highest BCUT2D eigenvalue weighted by Crippen LogP contribution is 2.23. The molecule has 390 valence electrons. The number of esters is 2. The number of Topliss-reactive ketones (excluding diaryl/α,β-unsaturated/α-hetero) is 3. The maximum atomic E-state index is 12.1. The Morgan fingerprint density at radius 1 is 0.458 bits per heavy atom. The van der Waals surface area contributed by atoms with Gasteiger partial charge >= 0.3 is 11.9 Å². The molecule has 5 aromatic rings. The summed E-state index contributed by atoms with van der Waals surface area (Å²) in [4.78, 5) is 67.9. The molecule has 0 unspecified atom stereocenters. The average molecular weight is 1190 g/mol. The van der Waals surface area contributed by atoms with Gasteiger partial charge in [-0.05, 0) is 135 Å². The van der Waals surface area contributed by atoms with Gasteiger partial charge in [-0.2, -0.15) is 0 Å². The Hall–Kier alpha value is -5.56. The van der Waals surface area contributed by atoms with Crippen LogP contribution in [0.2, 0.25) is 0 Å². The largest absolute Gasteiger partial charge is 0.491 e. The van der Waals surface area contributed by atoms with Gasteiger partial charge in [0.1, 0.15) is 66.8 Å². The molecule has 0 saturated carbocycles. The van der Waals surface area contributed by atoms with Crippen LogP contribution >= 0.6 is 47.8 Å². The number of carbonyl (C=O) groups is 6. The van der Waals surface area contributed by atoms with Crippen molar-refractivity contribution in [2.75, 3.05) is 50.3 Å². The van der Waals surface area contributed by atoms with Crippen LogP contribution in [0, 0.1) is 12.3 Å². The van der Waals surface area contributed by atoms with E-state index in [9.17, 15) is 39.0 Å². The first kappa shape index (κ1) is 64.5. The molecular weight excluding hydrogens is 1120 g/mol. The summed E-state index contributed by atoms with van der Waals surface area (Å²) < 4.78 is 26.0. The molecule has 0 atom stereocenters. The zero-order chi connectivity index (χ0) is 54.3. The minimum Gasteiger partial charge on any atom is -0.491 e. The Labute approximate surface area is 447 Å². The SMILES string of the molecule is CC(C)(C)C(=O)c1ccc(OCCOC(=O)c2ccccc2)cc1.CC(C)(O)C(=O)c1ccc(OCCO)cc1.CC(C)(O)C(=O)c1ccc(OCCOC(=O)CBr)cc1.Cc1ccccc1.O=C(Br)CBr. The Balaban J connectivity index is 0.000000489. The first-order chi connectivity index (χ1) is 33.8. The number of benzene rings is 5. The quantitative estimate of drug-likeness (QED) is 0.0231. The van der Waals surface area contributed by atoms with Crippen LogP contribution in [0.15, 0.2) is 133 Å². The van der Waals surface area contributed by atoms with Gasteiger partial charge in [0, 0.05) is 22.1 Å². The molecule has 5 aromatic carbocycles. The second-order valence-corrected chi connectivity index (χ2v) is 19.2. The molecule has 5 rings (SSSR count). The number of alkyl halides is 2. The van der Waals surface area contributed by atoms with Gasteiger partial charge in [0.2, 0.25) is 4.69 Å². The van der Waals surface area contributed by atoms with Crippen molar-refractivity contribution in [2.24, 2.45) is 5.41 Å². The molecule has 0 amide bonds. The zero-order valence-corrected chi connectivity index (χ0v) is 46.6. The number of halogens is 3. The van der Waals surface area contributed by atoms with Crippen LogP contribution in [0.25, 0.3) is 0 Å². The van der Waals surface area contributed by atoms with E-state index in [1.807, 2.05) is 45.0 Å². The molecule has 0 bridgehead atoms. The molecule has 0 aliphatic carbocycles. The lowest BCUT2D eigenvalue weighted by molar-refractivity contribution is -0.141. The summed E-state index contributed by atoms with van der Waals surface area (Å²) in [5.74, 6) is 0.470. The first-order valence-corrected chi connectivity index (χ1v) is 25.5. The molecule has 0 radical (unpaired) electrons. The van der Waals surface area contributed by atoms with Gasteiger partial charge < -0.3 is 39.0 Å². The van der Waals surface area contributed by atoms with Crippen LogP contribution in [0.3, 0.4) is 0 Å². The zero-order valence-electron chi connectivity index (χ0n) is 41.8. The lowest BCUT2D eigenvalue weighted by Crippen LogP contribution is -2.30. The number of aryl methyl sites for hydroxylation is 1. The molecule has 0 saturated heterocycles. The third-order valence-corrected chi connectivity index (χ3v) is 10.9. The molecule has 72 heavy (non-hydrogen) atoms. The van der Waals surface area contributed by atoms with E-state index in [1.54, 1.807) is 97.1 Å². The maximum Gasteiger partial charge on any atom is 0.338 e. The van der Waals surface area contributed by atoms with E-state index in [2.05, 4.69) is 66.8 Å². The van der Waals surface area contributed by atoms with Gasteiger partial charge in [0.05, 0.1) is 17.5 Å². The van der Waals surface area contributed by atoms with Crippen molar-refractivity contribution in [2.45, 2.75) is 66.6 Å². The van der Waals surface area contributed by atoms with Gasteiger partial charge in [-0.25, -0.2) is 4.79 Å². The lowest BCUT2D eigenvalue weighted by Gasteiger charge is -2.16. The highest BCUT2D eigenvalue weighted by atomic mass is 79.9. The number of hydrogen-bond acceptors (Lipinski definition) is 14. The van der Waals surface area contributed by atoms with E-state index in [1.165, 1.54) is 33.3 Å². The molecule has 0 spiro atoms. The van der Waals surface area contributed by atoms with Gasteiger partial charge in [-0.1, -0.05) is 107 Å². The van der Waals surface area contributed by atoms with Crippen LogP contribution in [0.4, 0.5) is 0 Å². The van der Waals surface area contributed by atoms with Crippen molar-refractivity contribution in [1.29, 1.82) is 0 Å². The van der Waals surface area contributed by atoms with Crippen LogP contribution < -0.4 is 14.2 Å². The van der Waals surface area contributed by atoms with E-state index in [-0.39, 0.29) is 79.0 Å². The predicted molar refractivity (Wildman–Crippen MR) is 288 cm³/mol. The average Bonchev–Trinajstić information content (AvgIpc) is 3.36. The molecule has 17 heteroatoms. The summed E-state index contributed by atoms with van der Waals surface area (Å²) in [7, 11) is 0. The molecule has 0 fully saturated rings. The first-order valence-electron chi connectivity index (χ1n) is 22.4. The highest BCUT2D eigenvalue weighted by molar-refractivity contribution is 9.19. The van der Waals surface area contributed by atoms with Crippen LogP contribution in [-0.4, -0.2) is 111 Å². The van der Waals surface area contributed by atoms with Gasteiger partial charge in [-0.15, -0.1) is 0 Å². The molecule has 0 aromatic heterocycles. The third-order valence-electron chi connectivity index (χ3n) is 8.87. The van der Waals surface area contributed by atoms with Crippen molar-refractivity contribution in [3.8, 4) is 17.2 Å². The number of aliphatic hydroxyl groups is 3. The lowest BCUT2D eigenvalue weighted by atomic mass is 9.86. The van der Waals surface area contributed by atoms with E-state index >= 15 is 0 Å². The molecule has 0 heterocycles. The molecule has 0 aliphatic heterocycles. The monoisotopic (exact) mass is 1190 g/mol. The number of hydrogen-bond donors (Lipinski definition) is 3. The molecule has 0 aliphatic rings. The minimum atomic E-state index is -1.40. The summed E-state index contributed by atoms with van der Waals surface area (Å²) >= 11 is 8.59. The Kier molecular flexibility index (Phi) is 30.4. The standard InChI is InChI=1S/C20H22O4.C14H17BrO5.C12H16O4.C7H8.C2H2Br2O/c1-20(2,3)18(21)15-9-11-17(12-10-15)23-13-14-24-19(22)16-7-5-4-6-8-16;1-14(2,18)13(17)10-3-5-11(6-4-10)19-7-8-20-12(16)9-15;1-12(2,15)11(14)9-3-5-10(6-4-9)16-8-7-13;1-7-5-3-2-4-6-7;3-1-2(4)5/h4-12H,13-14H2,1-3H3;3-6,18H,7-9H2,1-2H3;3-6,13,15H,7-8H2,1-2H3;2-6H,1H3;1H2. The fourth-order valence-electron chi connectivity index (χ4n) is 5.25. The highest BCUT2D eigenvalue weighted by Gasteiger charge is 2.26. The van der Waals surface area contributed by atoms with E-state index in [0.29, 0.717) is 44.8 Å². The number of rotatable bonds is 19. The minimum absolute atomic E-state index is 0.0162. The second kappa shape index (κ2) is 34.0. The summed E-state index contributed by atoms with van der Waals surface area (Å²) in [5, 5.41) is 28.3. The Bertz CT molecular complexity index is 2370. The third kappa shape index (κ3) is 27.9. The molecular formula is C55H65Br3O14. The normalized spacial score (nSPS) is 10.6. The van der Waals surface area contributed by atoms with Crippen molar-refractivity contribution < 1.29 is 67.8 Å². The van der Waals surface area contributed by atoms with Crippen LogP contribution in [0.1, 0.15) is 95.5 Å². The van der Waals surface area contributed by atoms with Gasteiger partial charge in [0.15, 0.2) is 17.3 Å². The molecule has 14 nitrogen and oxygen atoms in total. The van der Waals surface area contributed by atoms with E-state index in [4.69, 9.17) is 28.8 Å². The fraction of sp³-hybridized carbons (Fsp3) is 0.345. The van der Waals surface area contributed by atoms with E-state index in [0.717, 1.165) is 0 Å². The van der Waals surface area contributed by atoms with Crippen molar-refractivity contribution in [3.05, 3.63) is 161 Å². The van der Waals surface area contributed by atoms with Crippen LogP contribution in [-0.2, 0) is 19.1 Å². The van der Waals surface area contributed by atoms with E-state index < -0.39 is 16.6 Å². The number of ether oxygens (including phenoxy) is 5. The Morgan fingerprint density at radius 2 is 0.806 bits per heavy atom. The number of aliphatic hydroxyl groups excluding tert-OH is 1. The summed E-state index contributed by atoms with van der Waals surface area (Å²) in [6, 6.07) is 38.9. The Morgan fingerprint density at radius 3 is 1.11 bits per heavy atom. The van der Waals surface area contributed by atoms with Gasteiger partial charge in [0.25, 0.3) is 0 Å². The van der Waals surface area contributed by atoms with Crippen molar-refractivity contribution in [1.82, 2.24) is 0 Å².